The van der Waals surface area contributed by atoms with Gasteiger partial charge in [0.2, 0.25) is 0 Å². The van der Waals surface area contributed by atoms with Crippen molar-refractivity contribution in [2.45, 2.75) is 19.9 Å². The molecule has 6 heteroatoms. The van der Waals surface area contributed by atoms with Crippen molar-refractivity contribution in [1.29, 1.82) is 0 Å². The van der Waals surface area contributed by atoms with Crippen LogP contribution in [0.1, 0.15) is 25.5 Å². The van der Waals surface area contributed by atoms with E-state index in [4.69, 9.17) is 11.6 Å². The fraction of sp³-hybridized carbons (Fsp3) is 0.200. The van der Waals surface area contributed by atoms with Gasteiger partial charge in [0.1, 0.15) is 5.75 Å². The molecule has 0 spiro atoms. The van der Waals surface area contributed by atoms with E-state index in [1.165, 1.54) is 17.0 Å². The first-order valence-corrected chi connectivity index (χ1v) is 8.55. The molecular formula is C20H18ClNO4. The average molecular weight is 372 g/mol. The highest BCUT2D eigenvalue weighted by Gasteiger charge is 2.44. The Labute approximate surface area is 156 Å². The van der Waals surface area contributed by atoms with E-state index in [-0.39, 0.29) is 22.1 Å². The lowest BCUT2D eigenvalue weighted by Crippen LogP contribution is -2.31. The molecule has 1 atom stereocenters. The third-order valence-corrected chi connectivity index (χ3v) is 4.62. The predicted octanol–water partition coefficient (Wildman–Crippen LogP) is 4.17. The molecule has 0 fully saturated rings. The van der Waals surface area contributed by atoms with Gasteiger partial charge in [-0.3, -0.25) is 14.5 Å². The number of benzene rings is 2. The van der Waals surface area contributed by atoms with Crippen LogP contribution < -0.4 is 4.90 Å². The number of amides is 1. The number of Topliss-reactive ketones (excluding diaryl/α,β-unsaturated/α-hetero) is 1. The molecule has 5 nitrogen and oxygen atoms in total. The third kappa shape index (κ3) is 2.95. The molecule has 0 saturated heterocycles. The summed E-state index contributed by atoms with van der Waals surface area (Å²) >= 11 is 6.03. The number of ketones is 1. The van der Waals surface area contributed by atoms with E-state index in [9.17, 15) is 19.8 Å². The van der Waals surface area contributed by atoms with Gasteiger partial charge >= 0.3 is 0 Å². The molecule has 0 bridgehead atoms. The first-order chi connectivity index (χ1) is 12.3. The van der Waals surface area contributed by atoms with Crippen LogP contribution in [0.25, 0.3) is 0 Å². The Hall–Kier alpha value is -2.79. The van der Waals surface area contributed by atoms with Crippen molar-refractivity contribution in [2.75, 3.05) is 4.90 Å². The van der Waals surface area contributed by atoms with Gasteiger partial charge < -0.3 is 10.2 Å². The van der Waals surface area contributed by atoms with Crippen LogP contribution in [-0.4, -0.2) is 21.9 Å². The molecule has 1 unspecified atom stereocenters. The van der Waals surface area contributed by atoms with Crippen LogP contribution >= 0.6 is 11.6 Å². The number of para-hydroxylation sites is 1. The van der Waals surface area contributed by atoms with E-state index in [1.54, 1.807) is 44.2 Å². The highest BCUT2D eigenvalue weighted by molar-refractivity contribution is 6.32. The minimum atomic E-state index is -0.821. The zero-order valence-electron chi connectivity index (χ0n) is 14.3. The number of phenolic OH excluding ortho intramolecular Hbond substituents is 1. The maximum atomic E-state index is 12.8. The van der Waals surface area contributed by atoms with Gasteiger partial charge in [-0.05, 0) is 29.8 Å². The molecule has 0 aromatic heterocycles. The van der Waals surface area contributed by atoms with Crippen LogP contribution in [0.3, 0.4) is 0 Å². The number of anilines is 1. The van der Waals surface area contributed by atoms with Gasteiger partial charge in [0.05, 0.1) is 16.6 Å². The van der Waals surface area contributed by atoms with Gasteiger partial charge in [0.15, 0.2) is 11.5 Å². The summed E-state index contributed by atoms with van der Waals surface area (Å²) in [5.74, 6) is -2.01. The maximum absolute atomic E-state index is 12.8. The number of hydrogen-bond donors (Lipinski definition) is 2. The fourth-order valence-electron chi connectivity index (χ4n) is 3.03. The summed E-state index contributed by atoms with van der Waals surface area (Å²) in [6, 6.07) is 12.5. The summed E-state index contributed by atoms with van der Waals surface area (Å²) in [7, 11) is 0. The number of aliphatic hydroxyl groups is 1. The van der Waals surface area contributed by atoms with Crippen LogP contribution in [0, 0.1) is 5.92 Å². The van der Waals surface area contributed by atoms with Crippen molar-refractivity contribution in [3.05, 3.63) is 70.4 Å². The van der Waals surface area contributed by atoms with Gasteiger partial charge in [-0.1, -0.05) is 49.7 Å². The van der Waals surface area contributed by atoms with Gasteiger partial charge in [-0.2, -0.15) is 0 Å². The Morgan fingerprint density at radius 2 is 1.77 bits per heavy atom. The second kappa shape index (κ2) is 6.84. The summed E-state index contributed by atoms with van der Waals surface area (Å²) in [5, 5.41) is 20.2. The number of halogens is 1. The van der Waals surface area contributed by atoms with E-state index in [2.05, 4.69) is 0 Å². The van der Waals surface area contributed by atoms with Gasteiger partial charge in [0, 0.05) is 11.6 Å². The van der Waals surface area contributed by atoms with E-state index in [0.717, 1.165) is 0 Å². The second-order valence-corrected chi connectivity index (χ2v) is 6.81. The highest BCUT2D eigenvalue weighted by Crippen LogP contribution is 2.43. The Morgan fingerprint density at radius 3 is 2.35 bits per heavy atom. The van der Waals surface area contributed by atoms with Crippen molar-refractivity contribution in [3.63, 3.8) is 0 Å². The smallest absolute Gasteiger partial charge is 0.294 e. The topological polar surface area (TPSA) is 77.8 Å². The largest absolute Gasteiger partial charge is 0.506 e. The second-order valence-electron chi connectivity index (χ2n) is 6.41. The molecule has 0 radical (unpaired) electrons. The lowest BCUT2D eigenvalue weighted by molar-refractivity contribution is -0.119. The molecule has 1 aliphatic heterocycles. The summed E-state index contributed by atoms with van der Waals surface area (Å²) in [6.45, 7) is 3.41. The molecule has 26 heavy (non-hydrogen) atoms. The summed E-state index contributed by atoms with van der Waals surface area (Å²) in [6.07, 6.45) is 0. The van der Waals surface area contributed by atoms with Gasteiger partial charge in [0.25, 0.3) is 5.91 Å². The third-order valence-electron chi connectivity index (χ3n) is 4.32. The number of nitrogens with zero attached hydrogens (tertiary/aromatic N) is 1. The Bertz CT molecular complexity index is 905. The van der Waals surface area contributed by atoms with Crippen LogP contribution in [0.2, 0.25) is 5.02 Å². The average Bonchev–Trinajstić information content (AvgIpc) is 2.89. The first kappa shape index (κ1) is 18.0. The van der Waals surface area contributed by atoms with Gasteiger partial charge in [-0.15, -0.1) is 0 Å². The molecule has 0 aliphatic carbocycles. The molecule has 134 valence electrons. The van der Waals surface area contributed by atoms with Crippen LogP contribution in [0.15, 0.2) is 59.9 Å². The van der Waals surface area contributed by atoms with E-state index < -0.39 is 23.6 Å². The number of aliphatic hydroxyl groups excluding tert-OH is 1. The predicted molar refractivity (Wildman–Crippen MR) is 99.3 cm³/mol. The standard InChI is InChI=1S/C20H18ClNO4/c1-11(2)18(24)16-17(12-8-9-15(23)14(21)10-12)22(20(26)19(16)25)13-6-4-3-5-7-13/h3-11,17,23,25H,1-2H3. The number of phenols is 1. The van der Waals surface area contributed by atoms with Crippen LogP contribution in [-0.2, 0) is 9.59 Å². The first-order valence-electron chi connectivity index (χ1n) is 8.17. The van der Waals surface area contributed by atoms with Crippen molar-refractivity contribution >= 4 is 29.0 Å². The molecule has 0 saturated carbocycles. The van der Waals surface area contributed by atoms with E-state index in [1.807, 2.05) is 6.07 Å². The Morgan fingerprint density at radius 1 is 1.12 bits per heavy atom. The summed E-state index contributed by atoms with van der Waals surface area (Å²) < 4.78 is 0. The molecule has 1 aliphatic rings. The monoisotopic (exact) mass is 371 g/mol. The Kier molecular flexibility index (Phi) is 4.74. The summed E-state index contributed by atoms with van der Waals surface area (Å²) in [5.41, 5.74) is 1.11. The van der Waals surface area contributed by atoms with Crippen molar-refractivity contribution in [1.82, 2.24) is 0 Å². The number of hydrogen-bond acceptors (Lipinski definition) is 4. The minimum absolute atomic E-state index is 0.0376. The molecule has 1 amide bonds. The Balaban J connectivity index is 2.21. The quantitative estimate of drug-likeness (QED) is 0.845. The van der Waals surface area contributed by atoms with Crippen molar-refractivity contribution < 1.29 is 19.8 Å². The molecule has 2 aromatic rings. The van der Waals surface area contributed by atoms with Crippen molar-refractivity contribution in [2.24, 2.45) is 5.92 Å². The lowest BCUT2D eigenvalue weighted by atomic mass is 9.91. The van der Waals surface area contributed by atoms with Crippen LogP contribution in [0.4, 0.5) is 5.69 Å². The molecule has 2 N–H and O–H groups in total. The molecular weight excluding hydrogens is 354 g/mol. The van der Waals surface area contributed by atoms with E-state index >= 15 is 0 Å². The SMILES string of the molecule is CC(C)C(=O)C1=C(O)C(=O)N(c2ccccc2)C1c1ccc(O)c(Cl)c1. The zero-order chi connectivity index (χ0) is 19.0. The van der Waals surface area contributed by atoms with Gasteiger partial charge in [-0.25, -0.2) is 0 Å². The molecule has 1 heterocycles. The molecule has 3 rings (SSSR count). The zero-order valence-corrected chi connectivity index (χ0v) is 15.1. The fourth-order valence-corrected chi connectivity index (χ4v) is 3.22. The lowest BCUT2D eigenvalue weighted by Gasteiger charge is -2.27. The van der Waals surface area contributed by atoms with Crippen LogP contribution in [0.5, 0.6) is 5.75 Å². The summed E-state index contributed by atoms with van der Waals surface area (Å²) in [4.78, 5) is 26.9. The molecule has 2 aromatic carbocycles. The minimum Gasteiger partial charge on any atom is -0.506 e. The maximum Gasteiger partial charge on any atom is 0.294 e. The van der Waals surface area contributed by atoms with Crippen molar-refractivity contribution in [3.8, 4) is 5.75 Å². The number of aromatic hydroxyl groups is 1. The number of rotatable bonds is 4. The number of carbonyl (C=O) groups is 2. The normalized spacial score (nSPS) is 17.3. The van der Waals surface area contributed by atoms with E-state index in [0.29, 0.717) is 11.3 Å². The highest BCUT2D eigenvalue weighted by atomic mass is 35.5. The number of carbonyl (C=O) groups excluding carboxylic acids is 2.